The first kappa shape index (κ1) is 24.0. The quantitative estimate of drug-likeness (QED) is 0.249. The third-order valence-corrected chi connectivity index (χ3v) is 4.57. The molecule has 2 N–H and O–H groups in total. The van der Waals surface area contributed by atoms with Gasteiger partial charge in [-0.3, -0.25) is 4.99 Å². The van der Waals surface area contributed by atoms with E-state index in [1.54, 1.807) is 6.92 Å². The van der Waals surface area contributed by atoms with Crippen LogP contribution in [0.2, 0.25) is 0 Å². The summed E-state index contributed by atoms with van der Waals surface area (Å²) in [6.07, 6.45) is -4.62. The summed E-state index contributed by atoms with van der Waals surface area (Å²) in [6.45, 7) is 2.06. The Morgan fingerprint density at radius 1 is 1.23 bits per heavy atom. The van der Waals surface area contributed by atoms with Gasteiger partial charge in [-0.05, 0) is 13.3 Å². The van der Waals surface area contributed by atoms with Gasteiger partial charge < -0.3 is 10.6 Å². The van der Waals surface area contributed by atoms with E-state index in [2.05, 4.69) is 15.6 Å². The highest BCUT2D eigenvalue weighted by atomic mass is 127. The van der Waals surface area contributed by atoms with Crippen molar-refractivity contribution in [3.05, 3.63) is 0 Å². The van der Waals surface area contributed by atoms with E-state index in [0.717, 1.165) is 0 Å². The summed E-state index contributed by atoms with van der Waals surface area (Å²) in [6, 6.07) is 0. The van der Waals surface area contributed by atoms with Gasteiger partial charge in [0.2, 0.25) is 10.0 Å². The highest BCUT2D eigenvalue weighted by Gasteiger charge is 2.26. The summed E-state index contributed by atoms with van der Waals surface area (Å²) >= 11 is 0. The summed E-state index contributed by atoms with van der Waals surface area (Å²) in [5.74, 6) is 0.303. The zero-order chi connectivity index (χ0) is 16.5. The molecule has 0 aliphatic carbocycles. The van der Waals surface area contributed by atoms with Crippen LogP contribution in [-0.4, -0.2) is 64.3 Å². The Morgan fingerprint density at radius 2 is 1.77 bits per heavy atom. The lowest BCUT2D eigenvalue weighted by Crippen LogP contribution is -2.40. The van der Waals surface area contributed by atoms with Crippen molar-refractivity contribution in [3.63, 3.8) is 0 Å². The molecule has 22 heavy (non-hydrogen) atoms. The van der Waals surface area contributed by atoms with Gasteiger partial charge in [-0.25, -0.2) is 12.7 Å². The van der Waals surface area contributed by atoms with Crippen LogP contribution in [-0.2, 0) is 10.0 Å². The van der Waals surface area contributed by atoms with E-state index >= 15 is 0 Å². The molecule has 11 heteroatoms. The van der Waals surface area contributed by atoms with Crippen molar-refractivity contribution in [1.82, 2.24) is 14.9 Å². The van der Waals surface area contributed by atoms with Crippen molar-refractivity contribution in [3.8, 4) is 0 Å². The van der Waals surface area contributed by atoms with E-state index < -0.39 is 22.6 Å². The molecule has 0 aromatic carbocycles. The molecule has 0 amide bonds. The van der Waals surface area contributed by atoms with Gasteiger partial charge in [0.15, 0.2) is 5.96 Å². The molecule has 0 radical (unpaired) electrons. The van der Waals surface area contributed by atoms with Crippen molar-refractivity contribution in [2.75, 3.05) is 39.5 Å². The van der Waals surface area contributed by atoms with Crippen molar-refractivity contribution in [2.45, 2.75) is 25.9 Å². The largest absolute Gasteiger partial charge is 0.390 e. The molecule has 0 aromatic heterocycles. The molecule has 0 unspecified atom stereocenters. The number of alkyl halides is 3. The molecule has 0 saturated carbocycles. The van der Waals surface area contributed by atoms with E-state index in [-0.39, 0.29) is 42.2 Å². The van der Waals surface area contributed by atoms with Crippen molar-refractivity contribution in [1.29, 1.82) is 0 Å². The number of hydrogen-bond acceptors (Lipinski definition) is 3. The Labute approximate surface area is 147 Å². The van der Waals surface area contributed by atoms with Gasteiger partial charge in [-0.1, -0.05) is 0 Å². The molecular formula is C11H24F3IN4O2S. The molecule has 0 rings (SSSR count). The minimum absolute atomic E-state index is 0. The van der Waals surface area contributed by atoms with Gasteiger partial charge in [0.05, 0.1) is 12.2 Å². The molecule has 0 heterocycles. The zero-order valence-corrected chi connectivity index (χ0v) is 16.1. The van der Waals surface area contributed by atoms with Gasteiger partial charge in [0.25, 0.3) is 0 Å². The number of guanidine groups is 1. The monoisotopic (exact) mass is 460 g/mol. The predicted molar refractivity (Wildman–Crippen MR) is 92.2 cm³/mol. The van der Waals surface area contributed by atoms with Crippen LogP contribution in [0.4, 0.5) is 13.2 Å². The van der Waals surface area contributed by atoms with E-state index in [1.165, 1.54) is 18.4 Å². The molecule has 0 aliphatic rings. The SMILES string of the molecule is CCS(=O)(=O)N(C)CCCNC(=NC)NCCC(F)(F)F.I. The van der Waals surface area contributed by atoms with Gasteiger partial charge in [0, 0.05) is 33.7 Å². The first-order chi connectivity index (χ1) is 9.62. The second-order valence-corrected chi connectivity index (χ2v) is 6.73. The molecule has 6 nitrogen and oxygen atoms in total. The lowest BCUT2D eigenvalue weighted by molar-refractivity contribution is -0.132. The Morgan fingerprint density at radius 3 is 2.23 bits per heavy atom. The summed E-state index contributed by atoms with van der Waals surface area (Å²) in [5.41, 5.74) is 0. The highest BCUT2D eigenvalue weighted by molar-refractivity contribution is 14.0. The van der Waals surface area contributed by atoms with Crippen LogP contribution in [0.5, 0.6) is 0 Å². The minimum Gasteiger partial charge on any atom is -0.356 e. The number of halogens is 4. The van der Waals surface area contributed by atoms with Crippen LogP contribution in [0, 0.1) is 0 Å². The number of aliphatic imine (C=N–C) groups is 1. The van der Waals surface area contributed by atoms with Crippen LogP contribution in [0.25, 0.3) is 0 Å². The molecule has 0 aromatic rings. The van der Waals surface area contributed by atoms with Crippen molar-refractivity contribution in [2.24, 2.45) is 4.99 Å². The third-order valence-electron chi connectivity index (χ3n) is 2.71. The number of rotatable bonds is 8. The Bertz CT molecular complexity index is 430. The van der Waals surface area contributed by atoms with Gasteiger partial charge >= 0.3 is 6.18 Å². The number of nitrogens with one attached hydrogen (secondary N) is 2. The normalized spacial score (nSPS) is 13.0. The summed E-state index contributed by atoms with van der Waals surface area (Å²) in [5, 5.41) is 5.37. The number of nitrogens with zero attached hydrogens (tertiary/aromatic N) is 2. The molecule has 134 valence electrons. The lowest BCUT2D eigenvalue weighted by atomic mass is 10.4. The van der Waals surface area contributed by atoms with Crippen LogP contribution in [0.1, 0.15) is 19.8 Å². The highest BCUT2D eigenvalue weighted by Crippen LogP contribution is 2.17. The van der Waals surface area contributed by atoms with Gasteiger partial charge in [0.1, 0.15) is 0 Å². The maximum absolute atomic E-state index is 12.0. The summed E-state index contributed by atoms with van der Waals surface area (Å²) < 4.78 is 60.2. The summed E-state index contributed by atoms with van der Waals surface area (Å²) in [7, 11) is -0.250. The van der Waals surface area contributed by atoms with E-state index in [4.69, 9.17) is 0 Å². The average molecular weight is 460 g/mol. The molecule has 0 spiro atoms. The number of hydrogen-bond donors (Lipinski definition) is 2. The Hall–Kier alpha value is -0.300. The van der Waals surface area contributed by atoms with E-state index in [9.17, 15) is 21.6 Å². The second-order valence-electron chi connectivity index (χ2n) is 4.37. The standard InChI is InChI=1S/C11H23F3N4O2S.HI/c1-4-21(19,20)18(3)9-5-7-16-10(15-2)17-8-6-11(12,13)14;/h4-9H2,1-3H3,(H2,15,16,17);1H. The zero-order valence-electron chi connectivity index (χ0n) is 12.9. The first-order valence-corrected chi connectivity index (χ1v) is 8.18. The fourth-order valence-electron chi connectivity index (χ4n) is 1.41. The molecule has 0 saturated heterocycles. The van der Waals surface area contributed by atoms with Crippen molar-refractivity contribution < 1.29 is 21.6 Å². The van der Waals surface area contributed by atoms with Gasteiger partial charge in [-0.15, -0.1) is 24.0 Å². The topological polar surface area (TPSA) is 73.8 Å². The van der Waals surface area contributed by atoms with Crippen LogP contribution in [0.3, 0.4) is 0 Å². The summed E-state index contributed by atoms with van der Waals surface area (Å²) in [4.78, 5) is 3.78. The average Bonchev–Trinajstić information content (AvgIpc) is 2.39. The molecule has 0 bridgehead atoms. The third kappa shape index (κ3) is 11.3. The molecule has 0 atom stereocenters. The predicted octanol–water partition coefficient (Wildman–Crippen LogP) is 1.39. The first-order valence-electron chi connectivity index (χ1n) is 6.57. The Kier molecular flexibility index (Phi) is 12.3. The second kappa shape index (κ2) is 11.3. The Balaban J connectivity index is 0. The lowest BCUT2D eigenvalue weighted by Gasteiger charge is -2.17. The molecule has 0 fully saturated rings. The fraction of sp³-hybridized carbons (Fsp3) is 0.909. The maximum Gasteiger partial charge on any atom is 0.390 e. The molecule has 0 aliphatic heterocycles. The van der Waals surface area contributed by atoms with Crippen LogP contribution in [0.15, 0.2) is 4.99 Å². The van der Waals surface area contributed by atoms with Crippen LogP contribution >= 0.6 is 24.0 Å². The van der Waals surface area contributed by atoms with Crippen molar-refractivity contribution >= 4 is 40.0 Å². The van der Waals surface area contributed by atoms with Crippen LogP contribution < -0.4 is 10.6 Å². The minimum atomic E-state index is -4.21. The van der Waals surface area contributed by atoms with E-state index in [0.29, 0.717) is 19.5 Å². The fourth-order valence-corrected chi connectivity index (χ4v) is 2.26. The van der Waals surface area contributed by atoms with Gasteiger partial charge in [-0.2, -0.15) is 13.2 Å². The maximum atomic E-state index is 12.0. The smallest absolute Gasteiger partial charge is 0.356 e. The van der Waals surface area contributed by atoms with E-state index in [1.807, 2.05) is 0 Å². The molecular weight excluding hydrogens is 436 g/mol. The number of sulfonamides is 1.